The van der Waals surface area contributed by atoms with Crippen molar-refractivity contribution in [1.82, 2.24) is 5.32 Å². The zero-order valence-electron chi connectivity index (χ0n) is 12.2. The third kappa shape index (κ3) is 3.87. The lowest BCUT2D eigenvalue weighted by Crippen LogP contribution is -2.36. The minimum Gasteiger partial charge on any atom is -0.396 e. The standard InChI is InChI=1S/C16H25ClN2O/c1-2-18-11-14-15(17)6-3-7-16(14)19-9-4-5-13(12-19)8-10-20/h3,6-7,13,18,20H,2,4-5,8-12H2,1H3. The van der Waals surface area contributed by atoms with Gasteiger partial charge in [0.1, 0.15) is 0 Å². The van der Waals surface area contributed by atoms with Gasteiger partial charge in [0.15, 0.2) is 0 Å². The fourth-order valence-electron chi connectivity index (χ4n) is 2.97. The van der Waals surface area contributed by atoms with Gasteiger partial charge >= 0.3 is 0 Å². The van der Waals surface area contributed by atoms with Crippen LogP contribution in [0.2, 0.25) is 5.02 Å². The van der Waals surface area contributed by atoms with Crippen molar-refractivity contribution in [2.75, 3.05) is 31.1 Å². The summed E-state index contributed by atoms with van der Waals surface area (Å²) in [5.41, 5.74) is 2.45. The van der Waals surface area contributed by atoms with Gasteiger partial charge < -0.3 is 15.3 Å². The van der Waals surface area contributed by atoms with Crippen LogP contribution >= 0.6 is 11.6 Å². The van der Waals surface area contributed by atoms with Crippen molar-refractivity contribution in [3.63, 3.8) is 0 Å². The van der Waals surface area contributed by atoms with Crippen molar-refractivity contribution in [2.45, 2.75) is 32.7 Å². The average Bonchev–Trinajstić information content (AvgIpc) is 2.46. The number of nitrogens with zero attached hydrogens (tertiary/aromatic N) is 1. The molecule has 0 saturated carbocycles. The Bertz CT molecular complexity index is 423. The molecular weight excluding hydrogens is 272 g/mol. The van der Waals surface area contributed by atoms with Gasteiger partial charge in [-0.3, -0.25) is 0 Å². The largest absolute Gasteiger partial charge is 0.396 e. The van der Waals surface area contributed by atoms with Gasteiger partial charge in [0.25, 0.3) is 0 Å². The second kappa shape index (κ2) is 7.87. The molecule has 0 aromatic heterocycles. The predicted molar refractivity (Wildman–Crippen MR) is 85.5 cm³/mol. The van der Waals surface area contributed by atoms with Crippen LogP contribution in [0.5, 0.6) is 0 Å². The molecule has 4 heteroatoms. The van der Waals surface area contributed by atoms with Crippen LogP contribution in [-0.2, 0) is 6.54 Å². The van der Waals surface area contributed by atoms with Crippen molar-refractivity contribution in [3.05, 3.63) is 28.8 Å². The zero-order valence-corrected chi connectivity index (χ0v) is 13.0. The molecule has 20 heavy (non-hydrogen) atoms. The second-order valence-electron chi connectivity index (χ2n) is 5.48. The Morgan fingerprint density at radius 2 is 2.30 bits per heavy atom. The van der Waals surface area contributed by atoms with Gasteiger partial charge in [-0.05, 0) is 43.9 Å². The molecule has 1 fully saturated rings. The summed E-state index contributed by atoms with van der Waals surface area (Å²) >= 11 is 6.38. The fourth-order valence-corrected chi connectivity index (χ4v) is 3.21. The summed E-state index contributed by atoms with van der Waals surface area (Å²) in [6.07, 6.45) is 3.32. The van der Waals surface area contributed by atoms with E-state index in [9.17, 15) is 0 Å². The first-order chi connectivity index (χ1) is 9.76. The van der Waals surface area contributed by atoms with Crippen LogP contribution in [0, 0.1) is 5.92 Å². The summed E-state index contributed by atoms with van der Waals surface area (Å²) < 4.78 is 0. The van der Waals surface area contributed by atoms with Gasteiger partial charge in [-0.15, -0.1) is 0 Å². The minimum atomic E-state index is 0.290. The SMILES string of the molecule is CCNCc1c(Cl)cccc1N1CCCC(CCO)C1. The summed E-state index contributed by atoms with van der Waals surface area (Å²) in [7, 11) is 0. The highest BCUT2D eigenvalue weighted by Gasteiger charge is 2.22. The molecule has 1 unspecified atom stereocenters. The van der Waals surface area contributed by atoms with Crippen LogP contribution in [0.4, 0.5) is 5.69 Å². The quantitative estimate of drug-likeness (QED) is 0.847. The van der Waals surface area contributed by atoms with Crippen LogP contribution in [0.3, 0.4) is 0 Å². The number of benzene rings is 1. The summed E-state index contributed by atoms with van der Waals surface area (Å²) in [5.74, 6) is 0.597. The van der Waals surface area contributed by atoms with Gasteiger partial charge in [-0.2, -0.15) is 0 Å². The molecule has 1 heterocycles. The Morgan fingerprint density at radius 3 is 3.05 bits per heavy atom. The number of hydrogen-bond donors (Lipinski definition) is 2. The molecule has 1 aromatic carbocycles. The molecule has 0 amide bonds. The lowest BCUT2D eigenvalue weighted by atomic mass is 9.94. The third-order valence-corrected chi connectivity index (χ3v) is 4.40. The summed E-state index contributed by atoms with van der Waals surface area (Å²) in [5, 5.41) is 13.4. The summed E-state index contributed by atoms with van der Waals surface area (Å²) in [6, 6.07) is 6.16. The van der Waals surface area contributed by atoms with Crippen LogP contribution in [0.15, 0.2) is 18.2 Å². The van der Waals surface area contributed by atoms with E-state index in [0.717, 1.165) is 37.6 Å². The van der Waals surface area contributed by atoms with Crippen LogP contribution < -0.4 is 10.2 Å². The van der Waals surface area contributed by atoms with E-state index in [1.807, 2.05) is 12.1 Å². The van der Waals surface area contributed by atoms with Gasteiger partial charge in [0.05, 0.1) is 0 Å². The Kier molecular flexibility index (Phi) is 6.14. The average molecular weight is 297 g/mol. The maximum Gasteiger partial charge on any atom is 0.0471 e. The number of anilines is 1. The van der Waals surface area contributed by atoms with Gasteiger partial charge in [0, 0.05) is 42.5 Å². The summed E-state index contributed by atoms with van der Waals surface area (Å²) in [4.78, 5) is 2.43. The maximum atomic E-state index is 9.14. The van der Waals surface area contributed by atoms with E-state index in [2.05, 4.69) is 23.2 Å². The number of nitrogens with one attached hydrogen (secondary N) is 1. The molecule has 1 saturated heterocycles. The molecule has 2 N–H and O–H groups in total. The number of aliphatic hydroxyl groups excluding tert-OH is 1. The number of halogens is 1. The van der Waals surface area contributed by atoms with E-state index < -0.39 is 0 Å². The Balaban J connectivity index is 2.16. The molecule has 1 aromatic rings. The first kappa shape index (κ1) is 15.6. The van der Waals surface area contributed by atoms with Gasteiger partial charge in [0.2, 0.25) is 0 Å². The van der Waals surface area contributed by atoms with E-state index in [4.69, 9.17) is 16.7 Å². The molecule has 1 aliphatic rings. The molecule has 0 radical (unpaired) electrons. The maximum absolute atomic E-state index is 9.14. The topological polar surface area (TPSA) is 35.5 Å². The highest BCUT2D eigenvalue weighted by atomic mass is 35.5. The molecule has 1 aliphatic heterocycles. The number of hydrogen-bond acceptors (Lipinski definition) is 3. The molecule has 0 aliphatic carbocycles. The highest BCUT2D eigenvalue weighted by molar-refractivity contribution is 6.31. The normalized spacial score (nSPS) is 19.4. The first-order valence-corrected chi connectivity index (χ1v) is 7.98. The molecule has 3 nitrogen and oxygen atoms in total. The lowest BCUT2D eigenvalue weighted by molar-refractivity contribution is 0.244. The van der Waals surface area contributed by atoms with E-state index in [1.54, 1.807) is 0 Å². The molecule has 2 rings (SSSR count). The third-order valence-electron chi connectivity index (χ3n) is 4.04. The molecule has 0 spiro atoms. The van der Waals surface area contributed by atoms with Crippen molar-refractivity contribution in [2.24, 2.45) is 5.92 Å². The van der Waals surface area contributed by atoms with Crippen molar-refractivity contribution < 1.29 is 5.11 Å². The van der Waals surface area contributed by atoms with Crippen molar-refractivity contribution in [3.8, 4) is 0 Å². The smallest absolute Gasteiger partial charge is 0.0471 e. The van der Waals surface area contributed by atoms with E-state index >= 15 is 0 Å². The monoisotopic (exact) mass is 296 g/mol. The summed E-state index contributed by atoms with van der Waals surface area (Å²) in [6.45, 7) is 6.26. The Labute approximate surface area is 126 Å². The number of piperidine rings is 1. The van der Waals surface area contributed by atoms with E-state index in [1.165, 1.54) is 24.1 Å². The number of rotatable bonds is 6. The van der Waals surface area contributed by atoms with Gasteiger partial charge in [-0.1, -0.05) is 24.6 Å². The van der Waals surface area contributed by atoms with Gasteiger partial charge in [-0.25, -0.2) is 0 Å². The molecule has 1 atom stereocenters. The van der Waals surface area contributed by atoms with Crippen LogP contribution in [-0.4, -0.2) is 31.3 Å². The minimum absolute atomic E-state index is 0.290. The highest BCUT2D eigenvalue weighted by Crippen LogP contribution is 2.31. The molecule has 0 bridgehead atoms. The first-order valence-electron chi connectivity index (χ1n) is 7.60. The fraction of sp³-hybridized carbons (Fsp3) is 0.625. The van der Waals surface area contributed by atoms with Crippen molar-refractivity contribution in [1.29, 1.82) is 0 Å². The molecule has 112 valence electrons. The second-order valence-corrected chi connectivity index (χ2v) is 5.89. The predicted octanol–water partition coefficient (Wildman–Crippen LogP) is 3.05. The zero-order chi connectivity index (χ0) is 14.4. The number of aliphatic hydroxyl groups is 1. The van der Waals surface area contributed by atoms with Crippen LogP contribution in [0.1, 0.15) is 31.7 Å². The van der Waals surface area contributed by atoms with E-state index in [-0.39, 0.29) is 6.61 Å². The van der Waals surface area contributed by atoms with Crippen LogP contribution in [0.25, 0.3) is 0 Å². The lowest BCUT2D eigenvalue weighted by Gasteiger charge is -2.35. The Hall–Kier alpha value is -0.770. The van der Waals surface area contributed by atoms with E-state index in [0.29, 0.717) is 5.92 Å². The molecular formula is C16H25ClN2O. The van der Waals surface area contributed by atoms with Crippen molar-refractivity contribution >= 4 is 17.3 Å². The Morgan fingerprint density at radius 1 is 1.45 bits per heavy atom.